The van der Waals surface area contributed by atoms with Gasteiger partial charge in [0.25, 0.3) is 5.91 Å². The van der Waals surface area contributed by atoms with E-state index in [9.17, 15) is 14.0 Å². The molecule has 0 aliphatic carbocycles. The molecule has 2 aromatic rings. The summed E-state index contributed by atoms with van der Waals surface area (Å²) in [4.78, 5) is 30.5. The third-order valence-corrected chi connectivity index (χ3v) is 4.60. The molecule has 1 aliphatic heterocycles. The van der Waals surface area contributed by atoms with Gasteiger partial charge in [-0.2, -0.15) is 0 Å². The Morgan fingerprint density at radius 3 is 2.59 bits per heavy atom. The molecule has 0 fully saturated rings. The monoisotopic (exact) mass is 397 g/mol. The highest BCUT2D eigenvalue weighted by Gasteiger charge is 2.32. The number of hydrogen-bond donors (Lipinski definition) is 2. The molecule has 0 aromatic heterocycles. The molecule has 2 amide bonds. The lowest BCUT2D eigenvalue weighted by atomic mass is 10.0. The van der Waals surface area contributed by atoms with Crippen LogP contribution in [0.5, 0.6) is 0 Å². The van der Waals surface area contributed by atoms with E-state index in [-0.39, 0.29) is 18.1 Å². The maximum Gasteiger partial charge on any atom is 0.265 e. The Bertz CT molecular complexity index is 869. The smallest absolute Gasteiger partial charge is 0.265 e. The van der Waals surface area contributed by atoms with Crippen LogP contribution >= 0.6 is 0 Å². The average Bonchev–Trinajstić information content (AvgIpc) is 3.23. The number of carbonyl (C=O) groups excluding carboxylic acids is 2. The molecular formula is C22H24FN3O3. The number of hydrogen-bond acceptors (Lipinski definition) is 4. The number of halogens is 1. The number of nitrogens with zero attached hydrogens (tertiary/aromatic N) is 1. The van der Waals surface area contributed by atoms with Crippen molar-refractivity contribution in [1.82, 2.24) is 10.6 Å². The summed E-state index contributed by atoms with van der Waals surface area (Å²) < 4.78 is 13.1. The van der Waals surface area contributed by atoms with Gasteiger partial charge in [-0.05, 0) is 29.7 Å². The highest BCUT2D eigenvalue weighted by Crippen LogP contribution is 2.17. The number of oxime groups is 1. The van der Waals surface area contributed by atoms with Crippen LogP contribution in [0.15, 0.2) is 59.8 Å². The van der Waals surface area contributed by atoms with Crippen molar-refractivity contribution in [2.24, 2.45) is 5.16 Å². The molecule has 1 heterocycles. The Hall–Kier alpha value is -3.22. The minimum absolute atomic E-state index is 0.235. The maximum absolute atomic E-state index is 13.1. The Balaban J connectivity index is 1.63. The van der Waals surface area contributed by atoms with Crippen LogP contribution in [0.3, 0.4) is 0 Å². The van der Waals surface area contributed by atoms with Gasteiger partial charge in [0, 0.05) is 19.4 Å². The van der Waals surface area contributed by atoms with Crippen LogP contribution in [0, 0.1) is 5.82 Å². The van der Waals surface area contributed by atoms with E-state index < -0.39 is 18.1 Å². The van der Waals surface area contributed by atoms with Gasteiger partial charge in [0.05, 0.1) is 5.71 Å². The zero-order valence-electron chi connectivity index (χ0n) is 16.2. The Morgan fingerprint density at radius 2 is 1.90 bits per heavy atom. The van der Waals surface area contributed by atoms with Crippen molar-refractivity contribution in [3.8, 4) is 0 Å². The van der Waals surface area contributed by atoms with Gasteiger partial charge >= 0.3 is 0 Å². The summed E-state index contributed by atoms with van der Waals surface area (Å²) >= 11 is 0. The third-order valence-electron chi connectivity index (χ3n) is 4.60. The fourth-order valence-corrected chi connectivity index (χ4v) is 3.03. The van der Waals surface area contributed by atoms with Crippen LogP contribution in [-0.2, 0) is 20.8 Å². The molecule has 0 bridgehead atoms. The second kappa shape index (κ2) is 9.82. The predicted octanol–water partition coefficient (Wildman–Crippen LogP) is 2.57. The van der Waals surface area contributed by atoms with Crippen LogP contribution in [0.4, 0.5) is 4.39 Å². The number of nitrogens with one attached hydrogen (secondary N) is 2. The zero-order chi connectivity index (χ0) is 20.6. The third kappa shape index (κ3) is 5.63. The summed E-state index contributed by atoms with van der Waals surface area (Å²) in [5, 5.41) is 9.57. The van der Waals surface area contributed by atoms with Gasteiger partial charge in [0.1, 0.15) is 11.9 Å². The lowest BCUT2D eigenvalue weighted by Crippen LogP contribution is -2.51. The van der Waals surface area contributed by atoms with Crippen molar-refractivity contribution < 1.29 is 18.8 Å². The highest BCUT2D eigenvalue weighted by molar-refractivity contribution is 6.04. The summed E-state index contributed by atoms with van der Waals surface area (Å²) in [5.74, 6) is -0.982. The Kier molecular flexibility index (Phi) is 6.94. The van der Waals surface area contributed by atoms with E-state index in [0.29, 0.717) is 24.2 Å². The van der Waals surface area contributed by atoms with Gasteiger partial charge in [-0.1, -0.05) is 54.5 Å². The van der Waals surface area contributed by atoms with Crippen molar-refractivity contribution in [3.63, 3.8) is 0 Å². The summed E-state index contributed by atoms with van der Waals surface area (Å²) in [5.41, 5.74) is 2.21. The predicted molar refractivity (Wildman–Crippen MR) is 108 cm³/mol. The first kappa shape index (κ1) is 20.5. The number of carbonyl (C=O) groups is 2. The lowest BCUT2D eigenvalue weighted by molar-refractivity contribution is -0.135. The molecular weight excluding hydrogens is 373 g/mol. The summed E-state index contributed by atoms with van der Waals surface area (Å²) in [6.45, 7) is 2.50. The SMILES string of the molecule is CCCNC(=O)[C@H](Cc1ccccc1)NC(=O)[C@H]1CC(c2ccc(F)cc2)=NO1. The van der Waals surface area contributed by atoms with E-state index in [4.69, 9.17) is 4.84 Å². The standard InChI is InChI=1S/C22H24FN3O3/c1-2-12-24-21(27)19(13-15-6-4-3-5-7-15)25-22(28)20-14-18(26-29-20)16-8-10-17(23)11-9-16/h3-11,19-20H,2,12-14H2,1H3,(H,24,27)(H,25,28)/t19-,20+/m0/s1. The molecule has 6 nitrogen and oxygen atoms in total. The molecule has 7 heteroatoms. The van der Waals surface area contributed by atoms with E-state index in [1.54, 1.807) is 12.1 Å². The van der Waals surface area contributed by atoms with Crippen molar-refractivity contribution in [1.29, 1.82) is 0 Å². The highest BCUT2D eigenvalue weighted by atomic mass is 19.1. The van der Waals surface area contributed by atoms with E-state index >= 15 is 0 Å². The van der Waals surface area contributed by atoms with Crippen molar-refractivity contribution >= 4 is 17.5 Å². The molecule has 0 saturated carbocycles. The fourth-order valence-electron chi connectivity index (χ4n) is 3.03. The Labute approximate surface area is 169 Å². The molecule has 2 aromatic carbocycles. The van der Waals surface area contributed by atoms with Crippen LogP contribution in [-0.4, -0.2) is 36.2 Å². The number of benzene rings is 2. The van der Waals surface area contributed by atoms with E-state index in [0.717, 1.165) is 12.0 Å². The molecule has 152 valence electrons. The van der Waals surface area contributed by atoms with Crippen LogP contribution < -0.4 is 10.6 Å². The van der Waals surface area contributed by atoms with Gasteiger partial charge < -0.3 is 15.5 Å². The van der Waals surface area contributed by atoms with E-state index in [2.05, 4.69) is 15.8 Å². The largest absolute Gasteiger partial charge is 0.382 e. The first-order valence-electron chi connectivity index (χ1n) is 9.67. The topological polar surface area (TPSA) is 79.8 Å². The first-order valence-corrected chi connectivity index (χ1v) is 9.67. The number of amides is 2. The molecule has 0 unspecified atom stereocenters. The first-order chi connectivity index (χ1) is 14.1. The number of rotatable bonds is 8. The second-order valence-corrected chi connectivity index (χ2v) is 6.88. The van der Waals surface area contributed by atoms with Crippen LogP contribution in [0.1, 0.15) is 30.9 Å². The van der Waals surface area contributed by atoms with Crippen molar-refractivity contribution in [2.75, 3.05) is 6.54 Å². The summed E-state index contributed by atoms with van der Waals surface area (Å²) in [6, 6.07) is 14.6. The van der Waals surface area contributed by atoms with Crippen molar-refractivity contribution in [2.45, 2.75) is 38.3 Å². The van der Waals surface area contributed by atoms with Crippen LogP contribution in [0.25, 0.3) is 0 Å². The van der Waals surface area contributed by atoms with E-state index in [1.165, 1.54) is 12.1 Å². The van der Waals surface area contributed by atoms with Crippen molar-refractivity contribution in [3.05, 3.63) is 71.5 Å². The maximum atomic E-state index is 13.1. The summed E-state index contributed by atoms with van der Waals surface area (Å²) in [7, 11) is 0. The quantitative estimate of drug-likeness (QED) is 0.719. The molecule has 2 atom stereocenters. The minimum Gasteiger partial charge on any atom is -0.382 e. The second-order valence-electron chi connectivity index (χ2n) is 6.88. The van der Waals surface area contributed by atoms with E-state index in [1.807, 2.05) is 37.3 Å². The normalized spacial score (nSPS) is 16.5. The van der Waals surface area contributed by atoms with Gasteiger partial charge in [0.2, 0.25) is 12.0 Å². The molecule has 0 saturated heterocycles. The molecule has 29 heavy (non-hydrogen) atoms. The minimum atomic E-state index is -0.827. The fraction of sp³-hybridized carbons (Fsp3) is 0.318. The van der Waals surface area contributed by atoms with Gasteiger partial charge in [-0.15, -0.1) is 0 Å². The Morgan fingerprint density at radius 1 is 1.17 bits per heavy atom. The molecule has 3 rings (SSSR count). The molecule has 1 aliphatic rings. The van der Waals surface area contributed by atoms with Gasteiger partial charge in [-0.3, -0.25) is 9.59 Å². The molecule has 0 radical (unpaired) electrons. The van der Waals surface area contributed by atoms with Gasteiger partial charge in [0.15, 0.2) is 0 Å². The zero-order valence-corrected chi connectivity index (χ0v) is 16.2. The molecule has 2 N–H and O–H groups in total. The summed E-state index contributed by atoms with van der Waals surface area (Å²) in [6.07, 6.45) is 0.609. The van der Waals surface area contributed by atoms with Crippen LogP contribution in [0.2, 0.25) is 0 Å². The lowest BCUT2D eigenvalue weighted by Gasteiger charge is -2.20. The molecule has 0 spiro atoms. The van der Waals surface area contributed by atoms with Gasteiger partial charge in [-0.25, -0.2) is 4.39 Å². The average molecular weight is 397 g/mol.